The molecule has 0 aliphatic carbocycles. The molecule has 0 unspecified atom stereocenters. The Labute approximate surface area is 164 Å². The van der Waals surface area contributed by atoms with Gasteiger partial charge in [-0.1, -0.05) is 97.1 Å². The molecule has 0 fully saturated rings. The standard InChI is InChI=1S/C26H18S/c27-24-17-15-20-11-5-7-13-22(20)26(24)25-21-12-6-4-10-19(21)14-16-23(25)18-8-2-1-3-9-18/h1-17,27H. The van der Waals surface area contributed by atoms with E-state index in [1.54, 1.807) is 0 Å². The molecule has 0 spiro atoms. The van der Waals surface area contributed by atoms with Crippen LogP contribution in [0.25, 0.3) is 43.8 Å². The Kier molecular flexibility index (Phi) is 3.95. The largest absolute Gasteiger partial charge is 0.143 e. The van der Waals surface area contributed by atoms with E-state index >= 15 is 0 Å². The van der Waals surface area contributed by atoms with Crippen LogP contribution in [0.15, 0.2) is 108 Å². The molecular weight excluding hydrogens is 344 g/mol. The van der Waals surface area contributed by atoms with E-state index in [1.807, 2.05) is 0 Å². The molecule has 0 bridgehead atoms. The van der Waals surface area contributed by atoms with E-state index in [2.05, 4.69) is 103 Å². The molecule has 0 saturated heterocycles. The van der Waals surface area contributed by atoms with Crippen LogP contribution in [0.1, 0.15) is 0 Å². The van der Waals surface area contributed by atoms with E-state index in [0.717, 1.165) is 4.90 Å². The van der Waals surface area contributed by atoms with Gasteiger partial charge in [0.1, 0.15) is 0 Å². The maximum absolute atomic E-state index is 4.87. The third kappa shape index (κ3) is 2.72. The number of hydrogen-bond donors (Lipinski definition) is 1. The molecule has 5 rings (SSSR count). The van der Waals surface area contributed by atoms with E-state index in [9.17, 15) is 0 Å². The van der Waals surface area contributed by atoms with Gasteiger partial charge in [0, 0.05) is 10.5 Å². The minimum absolute atomic E-state index is 1.00. The normalized spacial score (nSPS) is 11.1. The first kappa shape index (κ1) is 16.2. The number of thiol groups is 1. The smallest absolute Gasteiger partial charge is 0.0125 e. The molecule has 128 valence electrons. The molecule has 0 atom stereocenters. The Bertz CT molecular complexity index is 1270. The van der Waals surface area contributed by atoms with Gasteiger partial charge in [-0.2, -0.15) is 0 Å². The van der Waals surface area contributed by atoms with Gasteiger partial charge in [0.05, 0.1) is 0 Å². The van der Waals surface area contributed by atoms with Crippen LogP contribution in [-0.2, 0) is 0 Å². The van der Waals surface area contributed by atoms with E-state index in [0.29, 0.717) is 0 Å². The molecule has 0 N–H and O–H groups in total. The van der Waals surface area contributed by atoms with E-state index < -0.39 is 0 Å². The van der Waals surface area contributed by atoms with Gasteiger partial charge in [-0.15, -0.1) is 12.6 Å². The molecule has 1 heteroatoms. The maximum Gasteiger partial charge on any atom is 0.0125 e. The minimum Gasteiger partial charge on any atom is -0.143 e. The molecule has 0 radical (unpaired) electrons. The van der Waals surface area contributed by atoms with Gasteiger partial charge in [0.2, 0.25) is 0 Å². The van der Waals surface area contributed by atoms with Crippen molar-refractivity contribution in [3.63, 3.8) is 0 Å². The fourth-order valence-corrected chi connectivity index (χ4v) is 4.23. The zero-order valence-electron chi connectivity index (χ0n) is 14.8. The summed E-state index contributed by atoms with van der Waals surface area (Å²) in [4.78, 5) is 1.00. The molecule has 0 nitrogen and oxygen atoms in total. The van der Waals surface area contributed by atoms with Crippen LogP contribution in [0.2, 0.25) is 0 Å². The Morgan fingerprint density at radius 1 is 0.444 bits per heavy atom. The fourth-order valence-electron chi connectivity index (χ4n) is 3.92. The minimum atomic E-state index is 1.00. The van der Waals surface area contributed by atoms with Gasteiger partial charge < -0.3 is 0 Å². The number of fused-ring (bicyclic) bond motifs is 2. The van der Waals surface area contributed by atoms with Crippen LogP contribution in [0.4, 0.5) is 0 Å². The summed E-state index contributed by atoms with van der Waals surface area (Å²) in [6, 6.07) is 36.5. The van der Waals surface area contributed by atoms with Gasteiger partial charge in [-0.3, -0.25) is 0 Å². The molecule has 5 aromatic carbocycles. The highest BCUT2D eigenvalue weighted by Gasteiger charge is 2.16. The number of hydrogen-bond acceptors (Lipinski definition) is 1. The molecular formula is C26H18S. The molecule has 0 amide bonds. The van der Waals surface area contributed by atoms with Crippen LogP contribution in [0.3, 0.4) is 0 Å². The van der Waals surface area contributed by atoms with E-state index in [-0.39, 0.29) is 0 Å². The summed E-state index contributed by atoms with van der Waals surface area (Å²) in [5, 5.41) is 4.97. The number of benzene rings is 5. The summed E-state index contributed by atoms with van der Waals surface area (Å²) >= 11 is 4.87. The van der Waals surface area contributed by atoms with Gasteiger partial charge in [0.15, 0.2) is 0 Å². The summed E-state index contributed by atoms with van der Waals surface area (Å²) in [6.45, 7) is 0. The lowest BCUT2D eigenvalue weighted by Gasteiger charge is -2.18. The zero-order chi connectivity index (χ0) is 18.2. The SMILES string of the molecule is Sc1ccc2ccccc2c1-c1c(-c2ccccc2)ccc2ccccc12. The van der Waals surface area contributed by atoms with Gasteiger partial charge in [-0.05, 0) is 44.3 Å². The highest BCUT2D eigenvalue weighted by atomic mass is 32.1. The molecule has 27 heavy (non-hydrogen) atoms. The van der Waals surface area contributed by atoms with Crippen molar-refractivity contribution in [1.29, 1.82) is 0 Å². The molecule has 0 heterocycles. The first-order chi connectivity index (χ1) is 13.3. The van der Waals surface area contributed by atoms with E-state index in [1.165, 1.54) is 43.8 Å². The predicted octanol–water partition coefficient (Wildman–Crippen LogP) is 7.62. The summed E-state index contributed by atoms with van der Waals surface area (Å²) in [5.74, 6) is 0. The maximum atomic E-state index is 4.87. The Morgan fingerprint density at radius 2 is 1.00 bits per heavy atom. The van der Waals surface area contributed by atoms with Crippen LogP contribution < -0.4 is 0 Å². The zero-order valence-corrected chi connectivity index (χ0v) is 15.7. The topological polar surface area (TPSA) is 0 Å². The molecule has 5 aromatic rings. The second kappa shape index (κ2) is 6.61. The summed E-state index contributed by atoms with van der Waals surface area (Å²) in [6.07, 6.45) is 0. The second-order valence-corrected chi connectivity index (χ2v) is 7.24. The van der Waals surface area contributed by atoms with Crippen molar-refractivity contribution in [3.8, 4) is 22.3 Å². The van der Waals surface area contributed by atoms with Crippen LogP contribution in [0.5, 0.6) is 0 Å². The van der Waals surface area contributed by atoms with Gasteiger partial charge in [-0.25, -0.2) is 0 Å². The van der Waals surface area contributed by atoms with Crippen LogP contribution in [0, 0.1) is 0 Å². The summed E-state index contributed by atoms with van der Waals surface area (Å²) in [7, 11) is 0. The molecule has 0 aromatic heterocycles. The average molecular weight is 362 g/mol. The Hall–Kier alpha value is -3.03. The van der Waals surface area contributed by atoms with Crippen molar-refractivity contribution in [3.05, 3.63) is 103 Å². The lowest BCUT2D eigenvalue weighted by molar-refractivity contribution is 1.50. The molecule has 0 saturated carbocycles. The highest BCUT2D eigenvalue weighted by Crippen LogP contribution is 2.43. The average Bonchev–Trinajstić information content (AvgIpc) is 2.74. The first-order valence-corrected chi connectivity index (χ1v) is 9.56. The van der Waals surface area contributed by atoms with Crippen molar-refractivity contribution >= 4 is 34.2 Å². The second-order valence-electron chi connectivity index (χ2n) is 6.76. The first-order valence-electron chi connectivity index (χ1n) is 9.11. The Balaban J connectivity index is 1.98. The Morgan fingerprint density at radius 3 is 1.70 bits per heavy atom. The fraction of sp³-hybridized carbons (Fsp3) is 0. The van der Waals surface area contributed by atoms with Gasteiger partial charge >= 0.3 is 0 Å². The molecule has 0 aliphatic rings. The van der Waals surface area contributed by atoms with Crippen molar-refractivity contribution in [2.75, 3.05) is 0 Å². The quantitative estimate of drug-likeness (QED) is 0.307. The van der Waals surface area contributed by atoms with E-state index in [4.69, 9.17) is 12.6 Å². The molecule has 0 aliphatic heterocycles. The van der Waals surface area contributed by atoms with Crippen molar-refractivity contribution in [2.45, 2.75) is 4.90 Å². The summed E-state index contributed by atoms with van der Waals surface area (Å²) in [5.41, 5.74) is 4.91. The van der Waals surface area contributed by atoms with Crippen molar-refractivity contribution in [2.24, 2.45) is 0 Å². The summed E-state index contributed by atoms with van der Waals surface area (Å²) < 4.78 is 0. The third-order valence-corrected chi connectivity index (χ3v) is 5.54. The van der Waals surface area contributed by atoms with Crippen LogP contribution in [-0.4, -0.2) is 0 Å². The monoisotopic (exact) mass is 362 g/mol. The third-order valence-electron chi connectivity index (χ3n) is 5.17. The highest BCUT2D eigenvalue weighted by molar-refractivity contribution is 7.80. The van der Waals surface area contributed by atoms with Crippen LogP contribution >= 0.6 is 12.6 Å². The number of rotatable bonds is 2. The predicted molar refractivity (Wildman–Crippen MR) is 120 cm³/mol. The lowest BCUT2D eigenvalue weighted by atomic mass is 9.87. The van der Waals surface area contributed by atoms with Crippen molar-refractivity contribution < 1.29 is 0 Å². The lowest BCUT2D eigenvalue weighted by Crippen LogP contribution is -1.91. The van der Waals surface area contributed by atoms with Crippen molar-refractivity contribution in [1.82, 2.24) is 0 Å². The van der Waals surface area contributed by atoms with Gasteiger partial charge in [0.25, 0.3) is 0 Å².